The number of benzene rings is 3. The molecular weight excluding hydrogens is 360 g/mol. The van der Waals surface area contributed by atoms with Crippen LogP contribution in [0.3, 0.4) is 0 Å². The third-order valence-corrected chi connectivity index (χ3v) is 5.76. The summed E-state index contributed by atoms with van der Waals surface area (Å²) in [5.74, 6) is 0.0963. The molecule has 0 aromatic heterocycles. The maximum Gasteiger partial charge on any atom is 0.256 e. The lowest BCUT2D eigenvalue weighted by Crippen LogP contribution is -2.27. The van der Waals surface area contributed by atoms with Crippen LogP contribution in [0.25, 0.3) is 22.8 Å². The van der Waals surface area contributed by atoms with Crippen molar-refractivity contribution in [3.63, 3.8) is 0 Å². The molecule has 0 saturated heterocycles. The van der Waals surface area contributed by atoms with E-state index in [-0.39, 0.29) is 11.7 Å². The van der Waals surface area contributed by atoms with Crippen LogP contribution in [-0.2, 0) is 17.8 Å². The van der Waals surface area contributed by atoms with Gasteiger partial charge in [0.05, 0.1) is 5.69 Å². The molecule has 2 aliphatic rings. The predicted octanol–water partition coefficient (Wildman–Crippen LogP) is 4.54. The first-order valence-electron chi connectivity index (χ1n) is 9.85. The summed E-state index contributed by atoms with van der Waals surface area (Å²) in [7, 11) is 2.12. The van der Waals surface area contributed by atoms with Crippen molar-refractivity contribution in [1.29, 1.82) is 0 Å². The third kappa shape index (κ3) is 3.12. The van der Waals surface area contributed by atoms with Crippen molar-refractivity contribution in [1.82, 2.24) is 4.90 Å². The highest BCUT2D eigenvalue weighted by Gasteiger charge is 2.31. The smallest absolute Gasteiger partial charge is 0.256 e. The zero-order valence-electron chi connectivity index (χ0n) is 16.3. The summed E-state index contributed by atoms with van der Waals surface area (Å²) in [4.78, 5) is 15.2. The van der Waals surface area contributed by atoms with Crippen LogP contribution >= 0.6 is 0 Å². The molecule has 2 heterocycles. The first kappa shape index (κ1) is 17.7. The second-order valence-corrected chi connectivity index (χ2v) is 7.76. The molecule has 0 radical (unpaired) electrons. The van der Waals surface area contributed by atoms with E-state index in [0.29, 0.717) is 5.57 Å². The second kappa shape index (κ2) is 6.90. The maximum absolute atomic E-state index is 12.9. The Morgan fingerprint density at radius 2 is 1.83 bits per heavy atom. The van der Waals surface area contributed by atoms with Crippen LogP contribution in [-0.4, -0.2) is 29.5 Å². The minimum Gasteiger partial charge on any atom is -0.508 e. The van der Waals surface area contributed by atoms with Gasteiger partial charge in [0, 0.05) is 24.2 Å². The number of nitrogens with zero attached hydrogens (tertiary/aromatic N) is 1. The summed E-state index contributed by atoms with van der Waals surface area (Å²) in [6, 6.07) is 19.5. The fraction of sp³-hybridized carbons (Fsp3) is 0.160. The normalized spacial score (nSPS) is 17.1. The molecule has 29 heavy (non-hydrogen) atoms. The molecule has 144 valence electrons. The molecule has 5 rings (SSSR count). The van der Waals surface area contributed by atoms with E-state index in [9.17, 15) is 9.90 Å². The SMILES string of the molecule is CN1CCc2c(-c3ccccc3)cc3c(c2C1)NC(=O)/C3=C/c1cccc(O)c1. The molecule has 0 spiro atoms. The quantitative estimate of drug-likeness (QED) is 0.640. The van der Waals surface area contributed by atoms with E-state index in [4.69, 9.17) is 0 Å². The fourth-order valence-electron chi connectivity index (χ4n) is 4.35. The van der Waals surface area contributed by atoms with Crippen LogP contribution in [0.5, 0.6) is 5.75 Å². The van der Waals surface area contributed by atoms with Crippen LogP contribution in [0.4, 0.5) is 5.69 Å². The van der Waals surface area contributed by atoms with Crippen LogP contribution in [0.15, 0.2) is 60.7 Å². The predicted molar refractivity (Wildman–Crippen MR) is 117 cm³/mol. The number of anilines is 1. The second-order valence-electron chi connectivity index (χ2n) is 7.76. The molecule has 0 saturated carbocycles. The Morgan fingerprint density at radius 3 is 2.62 bits per heavy atom. The van der Waals surface area contributed by atoms with Gasteiger partial charge in [0.15, 0.2) is 0 Å². The van der Waals surface area contributed by atoms with Gasteiger partial charge in [0.1, 0.15) is 5.75 Å². The number of carbonyl (C=O) groups excluding carboxylic acids is 1. The number of nitrogens with one attached hydrogen (secondary N) is 1. The number of phenolic OH excluding ortho intramolecular Hbond substituents is 1. The van der Waals surface area contributed by atoms with E-state index >= 15 is 0 Å². The molecule has 1 amide bonds. The van der Waals surface area contributed by atoms with Crippen LogP contribution in [0.1, 0.15) is 22.3 Å². The van der Waals surface area contributed by atoms with Crippen molar-refractivity contribution in [3.05, 3.63) is 82.9 Å². The minimum absolute atomic E-state index is 0.0935. The van der Waals surface area contributed by atoms with Gasteiger partial charge in [-0.05, 0) is 65.6 Å². The van der Waals surface area contributed by atoms with Crippen molar-refractivity contribution in [2.45, 2.75) is 13.0 Å². The number of carbonyl (C=O) groups is 1. The number of hydrogen-bond donors (Lipinski definition) is 2. The molecule has 4 nitrogen and oxygen atoms in total. The first-order valence-corrected chi connectivity index (χ1v) is 9.85. The summed E-state index contributed by atoms with van der Waals surface area (Å²) in [6.45, 7) is 1.82. The van der Waals surface area contributed by atoms with E-state index in [1.165, 1.54) is 22.3 Å². The summed E-state index contributed by atoms with van der Waals surface area (Å²) < 4.78 is 0. The van der Waals surface area contributed by atoms with Crippen LogP contribution in [0, 0.1) is 0 Å². The Morgan fingerprint density at radius 1 is 1.00 bits per heavy atom. The molecule has 0 bridgehead atoms. The number of fused-ring (bicyclic) bond motifs is 3. The number of aromatic hydroxyl groups is 1. The van der Waals surface area contributed by atoms with Gasteiger partial charge < -0.3 is 15.3 Å². The van der Waals surface area contributed by atoms with Crippen molar-refractivity contribution in [2.75, 3.05) is 18.9 Å². The van der Waals surface area contributed by atoms with E-state index in [1.807, 2.05) is 18.2 Å². The molecule has 0 atom stereocenters. The highest BCUT2D eigenvalue weighted by Crippen LogP contribution is 2.43. The summed E-state index contributed by atoms with van der Waals surface area (Å²) in [6.07, 6.45) is 2.82. The van der Waals surface area contributed by atoms with Gasteiger partial charge in [0.2, 0.25) is 0 Å². The number of likely N-dealkylation sites (N-methyl/N-ethyl adjacent to an activating group) is 1. The van der Waals surface area contributed by atoms with Crippen LogP contribution < -0.4 is 5.32 Å². The molecule has 2 aliphatic heterocycles. The molecule has 3 aromatic carbocycles. The van der Waals surface area contributed by atoms with Crippen molar-refractivity contribution in [3.8, 4) is 16.9 Å². The maximum atomic E-state index is 12.9. The number of hydrogen-bond acceptors (Lipinski definition) is 3. The van der Waals surface area contributed by atoms with Gasteiger partial charge in [-0.2, -0.15) is 0 Å². The Kier molecular flexibility index (Phi) is 4.22. The number of rotatable bonds is 2. The largest absolute Gasteiger partial charge is 0.508 e. The van der Waals surface area contributed by atoms with Gasteiger partial charge in [-0.3, -0.25) is 4.79 Å². The van der Waals surface area contributed by atoms with Gasteiger partial charge in [-0.15, -0.1) is 0 Å². The molecule has 4 heteroatoms. The van der Waals surface area contributed by atoms with Gasteiger partial charge in [0.25, 0.3) is 5.91 Å². The molecule has 0 fully saturated rings. The van der Waals surface area contributed by atoms with E-state index < -0.39 is 0 Å². The van der Waals surface area contributed by atoms with Crippen LogP contribution in [0.2, 0.25) is 0 Å². The Bertz CT molecular complexity index is 1150. The van der Waals surface area contributed by atoms with Crippen molar-refractivity contribution >= 4 is 23.2 Å². The lowest BCUT2D eigenvalue weighted by atomic mass is 9.86. The minimum atomic E-state index is -0.0935. The number of phenols is 1. The summed E-state index contributed by atoms with van der Waals surface area (Å²) in [5.41, 5.74) is 8.22. The third-order valence-electron chi connectivity index (χ3n) is 5.76. The highest BCUT2D eigenvalue weighted by atomic mass is 16.3. The van der Waals surface area contributed by atoms with E-state index in [2.05, 4.69) is 47.6 Å². The molecule has 0 unspecified atom stereocenters. The summed E-state index contributed by atoms with van der Waals surface area (Å²) >= 11 is 0. The lowest BCUT2D eigenvalue weighted by Gasteiger charge is -2.29. The average molecular weight is 382 g/mol. The standard InChI is InChI=1S/C25H22N2O2/c1-27-11-10-19-20(17-7-3-2-4-8-17)14-21-22(13-16-6-5-9-18(28)12-16)25(29)26-24(21)23(19)15-27/h2-9,12-14,28H,10-11,15H2,1H3,(H,26,29)/b22-13+. The summed E-state index contributed by atoms with van der Waals surface area (Å²) in [5, 5.41) is 12.9. The van der Waals surface area contributed by atoms with Crippen molar-refractivity contribution < 1.29 is 9.90 Å². The number of amides is 1. The molecule has 0 aliphatic carbocycles. The van der Waals surface area contributed by atoms with Gasteiger partial charge >= 0.3 is 0 Å². The topological polar surface area (TPSA) is 52.6 Å². The molecule has 3 aromatic rings. The first-order chi connectivity index (χ1) is 14.1. The van der Waals surface area contributed by atoms with Gasteiger partial charge in [-0.1, -0.05) is 42.5 Å². The molecule has 2 N–H and O–H groups in total. The Labute approximate surface area is 170 Å². The van der Waals surface area contributed by atoms with E-state index in [0.717, 1.165) is 36.3 Å². The van der Waals surface area contributed by atoms with E-state index in [1.54, 1.807) is 18.2 Å². The average Bonchev–Trinajstić information content (AvgIpc) is 3.03. The lowest BCUT2D eigenvalue weighted by molar-refractivity contribution is -0.110. The van der Waals surface area contributed by atoms with Gasteiger partial charge in [-0.25, -0.2) is 0 Å². The fourth-order valence-corrected chi connectivity index (χ4v) is 4.35. The molecular formula is C25H22N2O2. The monoisotopic (exact) mass is 382 g/mol. The zero-order chi connectivity index (χ0) is 20.0. The van der Waals surface area contributed by atoms with Crippen molar-refractivity contribution in [2.24, 2.45) is 0 Å². The Hall–Kier alpha value is -3.37. The zero-order valence-corrected chi connectivity index (χ0v) is 16.3. The Balaban J connectivity index is 1.73. The highest BCUT2D eigenvalue weighted by molar-refractivity contribution is 6.35.